The third-order valence-electron chi connectivity index (χ3n) is 2.84. The van der Waals surface area contributed by atoms with Crippen molar-refractivity contribution in [3.05, 3.63) is 36.2 Å². The van der Waals surface area contributed by atoms with Gasteiger partial charge in [-0.15, -0.1) is 0 Å². The number of aromatic nitrogens is 2. The van der Waals surface area contributed by atoms with Crippen LogP contribution in [0.3, 0.4) is 0 Å². The number of hydrogen-bond donors (Lipinski definition) is 2. The summed E-state index contributed by atoms with van der Waals surface area (Å²) in [7, 11) is 1.65. The van der Waals surface area contributed by atoms with Crippen molar-refractivity contribution in [2.45, 2.75) is 0 Å². The third-order valence-corrected chi connectivity index (χ3v) is 2.84. The van der Waals surface area contributed by atoms with Crippen LogP contribution in [-0.2, 0) is 4.74 Å². The molecule has 1 aromatic heterocycles. The number of methoxy groups -OCH3 is 1. The summed E-state index contributed by atoms with van der Waals surface area (Å²) >= 11 is 0. The lowest BCUT2D eigenvalue weighted by Crippen LogP contribution is -2.33. The van der Waals surface area contributed by atoms with Gasteiger partial charge in [0.2, 0.25) is 12.2 Å². The van der Waals surface area contributed by atoms with Gasteiger partial charge >= 0.3 is 0 Å². The zero-order valence-corrected chi connectivity index (χ0v) is 11.8. The van der Waals surface area contributed by atoms with Crippen molar-refractivity contribution >= 4 is 5.91 Å². The zero-order valence-electron chi connectivity index (χ0n) is 11.8. The first kappa shape index (κ1) is 15.1. The van der Waals surface area contributed by atoms with Gasteiger partial charge in [0.25, 0.3) is 5.91 Å². The Morgan fingerprint density at radius 1 is 1.24 bits per heavy atom. The number of ether oxygens (including phenoxy) is 1. The Morgan fingerprint density at radius 2 is 2.05 bits per heavy atom. The normalized spacial score (nSPS) is 10.5. The van der Waals surface area contributed by atoms with Crippen LogP contribution in [-0.4, -0.2) is 49.4 Å². The molecule has 1 aromatic carbocycles. The molecule has 0 saturated heterocycles. The summed E-state index contributed by atoms with van der Waals surface area (Å²) < 4.78 is 9.60. The molecule has 0 unspecified atom stereocenters. The number of amides is 1. The summed E-state index contributed by atoms with van der Waals surface area (Å²) in [6, 6.07) is 7.05. The summed E-state index contributed by atoms with van der Waals surface area (Å²) in [5.41, 5.74) is 1.40. The maximum atomic E-state index is 11.9. The van der Waals surface area contributed by atoms with E-state index in [1.54, 1.807) is 31.4 Å². The zero-order chi connectivity index (χ0) is 14.9. The predicted molar refractivity (Wildman–Crippen MR) is 76.8 cm³/mol. The molecule has 1 heterocycles. The molecular weight excluding hydrogens is 272 g/mol. The Balaban J connectivity index is 1.78. The van der Waals surface area contributed by atoms with Crippen LogP contribution in [0.15, 0.2) is 35.2 Å². The smallest absolute Gasteiger partial charge is 0.251 e. The highest BCUT2D eigenvalue weighted by atomic mass is 16.5. The molecule has 2 aromatic rings. The molecule has 0 radical (unpaired) electrons. The van der Waals surface area contributed by atoms with Crippen molar-refractivity contribution in [1.29, 1.82) is 0 Å². The second-order valence-corrected chi connectivity index (χ2v) is 4.33. The Bertz CT molecular complexity index is 540. The van der Waals surface area contributed by atoms with E-state index in [4.69, 9.17) is 4.74 Å². The molecule has 21 heavy (non-hydrogen) atoms. The standard InChI is InChI=1S/C14H18N4O3/c1-20-9-8-15-6-7-16-14(19)12-4-2-11(3-5-12)13-17-10-21-18-13/h2-5,10,15H,6-9H2,1H3,(H,16,19). The largest absolute Gasteiger partial charge is 0.383 e. The van der Waals surface area contributed by atoms with Crippen LogP contribution in [0.2, 0.25) is 0 Å². The SMILES string of the molecule is COCCNCCNC(=O)c1ccc(-c2ncon2)cc1. The molecule has 7 nitrogen and oxygen atoms in total. The molecule has 0 bridgehead atoms. The number of nitrogens with one attached hydrogen (secondary N) is 2. The van der Waals surface area contributed by atoms with Gasteiger partial charge in [-0.2, -0.15) is 4.98 Å². The number of carbonyl (C=O) groups excluding carboxylic acids is 1. The van der Waals surface area contributed by atoms with Crippen molar-refractivity contribution in [3.63, 3.8) is 0 Å². The minimum absolute atomic E-state index is 0.108. The lowest BCUT2D eigenvalue weighted by molar-refractivity contribution is 0.0953. The molecule has 1 amide bonds. The van der Waals surface area contributed by atoms with Gasteiger partial charge in [-0.3, -0.25) is 4.79 Å². The van der Waals surface area contributed by atoms with Crippen LogP contribution >= 0.6 is 0 Å². The highest BCUT2D eigenvalue weighted by molar-refractivity contribution is 5.94. The molecule has 0 aliphatic carbocycles. The first-order valence-corrected chi connectivity index (χ1v) is 6.66. The molecule has 2 rings (SSSR count). The van der Waals surface area contributed by atoms with Gasteiger partial charge in [0.1, 0.15) is 0 Å². The molecule has 0 saturated carbocycles. The average molecular weight is 290 g/mol. The molecule has 0 spiro atoms. The van der Waals surface area contributed by atoms with Crippen LogP contribution < -0.4 is 10.6 Å². The molecule has 0 atom stereocenters. The average Bonchev–Trinajstić information content (AvgIpc) is 3.05. The summed E-state index contributed by atoms with van der Waals surface area (Å²) in [6.45, 7) is 2.70. The van der Waals surface area contributed by atoms with Gasteiger partial charge in [-0.05, 0) is 12.1 Å². The van der Waals surface area contributed by atoms with Gasteiger partial charge in [-0.1, -0.05) is 17.3 Å². The molecule has 112 valence electrons. The van der Waals surface area contributed by atoms with E-state index in [9.17, 15) is 4.79 Å². The highest BCUT2D eigenvalue weighted by Gasteiger charge is 2.07. The summed E-state index contributed by atoms with van der Waals surface area (Å²) in [5, 5.41) is 9.73. The van der Waals surface area contributed by atoms with Gasteiger partial charge in [0, 0.05) is 37.9 Å². The maximum absolute atomic E-state index is 11.9. The monoisotopic (exact) mass is 290 g/mol. The number of benzene rings is 1. The molecule has 2 N–H and O–H groups in total. The topological polar surface area (TPSA) is 89.3 Å². The molecule has 0 fully saturated rings. The number of carbonyl (C=O) groups is 1. The van der Waals surface area contributed by atoms with E-state index in [-0.39, 0.29) is 5.91 Å². The van der Waals surface area contributed by atoms with Crippen LogP contribution in [0.25, 0.3) is 11.4 Å². The van der Waals surface area contributed by atoms with Crippen LogP contribution in [0.4, 0.5) is 0 Å². The Morgan fingerprint density at radius 3 is 2.71 bits per heavy atom. The molecule has 7 heteroatoms. The summed E-state index contributed by atoms with van der Waals surface area (Å²) in [6.07, 6.45) is 1.27. The van der Waals surface area contributed by atoms with Crippen molar-refractivity contribution in [3.8, 4) is 11.4 Å². The Kier molecular flexibility index (Phi) is 5.86. The van der Waals surface area contributed by atoms with Crippen molar-refractivity contribution in [2.75, 3.05) is 33.4 Å². The van der Waals surface area contributed by atoms with Crippen LogP contribution in [0, 0.1) is 0 Å². The van der Waals surface area contributed by atoms with Gasteiger partial charge in [0.15, 0.2) is 0 Å². The van der Waals surface area contributed by atoms with E-state index in [1.165, 1.54) is 6.39 Å². The van der Waals surface area contributed by atoms with Crippen molar-refractivity contribution < 1.29 is 14.1 Å². The lowest BCUT2D eigenvalue weighted by Gasteiger charge is -2.07. The number of rotatable bonds is 8. The quantitative estimate of drug-likeness (QED) is 0.696. The Labute approximate surface area is 122 Å². The van der Waals surface area contributed by atoms with E-state index < -0.39 is 0 Å². The van der Waals surface area contributed by atoms with E-state index in [0.717, 1.165) is 12.1 Å². The fraction of sp³-hybridized carbons (Fsp3) is 0.357. The Hall–Kier alpha value is -2.25. The first-order valence-electron chi connectivity index (χ1n) is 6.66. The second-order valence-electron chi connectivity index (χ2n) is 4.33. The number of nitrogens with zero attached hydrogens (tertiary/aromatic N) is 2. The van der Waals surface area contributed by atoms with E-state index in [0.29, 0.717) is 31.1 Å². The van der Waals surface area contributed by atoms with E-state index in [1.807, 2.05) is 0 Å². The van der Waals surface area contributed by atoms with E-state index in [2.05, 4.69) is 25.3 Å². The molecule has 0 aliphatic rings. The van der Waals surface area contributed by atoms with Crippen molar-refractivity contribution in [1.82, 2.24) is 20.8 Å². The van der Waals surface area contributed by atoms with Crippen LogP contribution in [0.1, 0.15) is 10.4 Å². The predicted octanol–water partition coefficient (Wildman–Crippen LogP) is 0.702. The highest BCUT2D eigenvalue weighted by Crippen LogP contribution is 2.14. The minimum Gasteiger partial charge on any atom is -0.383 e. The fourth-order valence-electron chi connectivity index (χ4n) is 1.73. The maximum Gasteiger partial charge on any atom is 0.251 e. The minimum atomic E-state index is -0.108. The van der Waals surface area contributed by atoms with Crippen LogP contribution in [0.5, 0.6) is 0 Å². The third kappa shape index (κ3) is 4.66. The van der Waals surface area contributed by atoms with Crippen molar-refractivity contribution in [2.24, 2.45) is 0 Å². The van der Waals surface area contributed by atoms with E-state index >= 15 is 0 Å². The van der Waals surface area contributed by atoms with Gasteiger partial charge < -0.3 is 19.9 Å². The number of hydrogen-bond acceptors (Lipinski definition) is 6. The fourth-order valence-corrected chi connectivity index (χ4v) is 1.73. The molecular formula is C14H18N4O3. The summed E-state index contributed by atoms with van der Waals surface area (Å²) in [4.78, 5) is 15.9. The lowest BCUT2D eigenvalue weighted by atomic mass is 10.1. The first-order chi connectivity index (χ1) is 10.3. The van der Waals surface area contributed by atoms with Gasteiger partial charge in [-0.25, -0.2) is 0 Å². The molecule has 0 aliphatic heterocycles. The summed E-state index contributed by atoms with van der Waals surface area (Å²) in [5.74, 6) is 0.396. The van der Waals surface area contributed by atoms with Gasteiger partial charge in [0.05, 0.1) is 6.61 Å². The second kappa shape index (κ2) is 8.13.